The van der Waals surface area contributed by atoms with E-state index in [1.54, 1.807) is 47.7 Å². The van der Waals surface area contributed by atoms with E-state index in [0.29, 0.717) is 30.4 Å². The van der Waals surface area contributed by atoms with Gasteiger partial charge in [-0.2, -0.15) is 11.3 Å². The molecule has 1 atom stereocenters. The zero-order valence-corrected chi connectivity index (χ0v) is 16.3. The zero-order chi connectivity index (χ0) is 19.1. The summed E-state index contributed by atoms with van der Waals surface area (Å²) in [4.78, 5) is 2.13. The summed E-state index contributed by atoms with van der Waals surface area (Å²) in [6.45, 7) is 1.96. The number of rotatable bonds is 9. The average molecular weight is 406 g/mol. The Morgan fingerprint density at radius 2 is 1.70 bits per heavy atom. The highest BCUT2D eigenvalue weighted by Gasteiger charge is 2.14. The first kappa shape index (κ1) is 19.8. The lowest BCUT2D eigenvalue weighted by molar-refractivity contribution is 0.0629. The Morgan fingerprint density at radius 1 is 1.00 bits per heavy atom. The highest BCUT2D eigenvalue weighted by molar-refractivity contribution is 7.07. The third-order valence-electron chi connectivity index (χ3n) is 4.03. The van der Waals surface area contributed by atoms with Crippen molar-refractivity contribution in [3.05, 3.63) is 87.3 Å². The Morgan fingerprint density at radius 3 is 2.37 bits per heavy atom. The lowest BCUT2D eigenvalue weighted by Crippen LogP contribution is -2.35. The minimum atomic E-state index is -0.653. The van der Waals surface area contributed by atoms with Gasteiger partial charge in [0.15, 0.2) is 0 Å². The Hall–Kier alpha value is -1.92. The Balaban J connectivity index is 1.59. The number of nitrogens with zero attached hydrogens (tertiary/aromatic N) is 1. The molecule has 0 amide bonds. The fourth-order valence-corrected chi connectivity index (χ4v) is 3.53. The highest BCUT2D eigenvalue weighted by atomic mass is 35.5. The molecule has 3 aromatic rings. The largest absolute Gasteiger partial charge is 0.491 e. The smallest absolute Gasteiger partial charge is 0.123 e. The van der Waals surface area contributed by atoms with Gasteiger partial charge in [0.25, 0.3) is 0 Å². The van der Waals surface area contributed by atoms with Crippen LogP contribution in [0.5, 0.6) is 5.75 Å². The molecule has 2 aromatic carbocycles. The number of hydrogen-bond donors (Lipinski definition) is 1. The van der Waals surface area contributed by atoms with Gasteiger partial charge in [-0.15, -0.1) is 0 Å². The molecule has 0 aliphatic heterocycles. The predicted molar refractivity (Wildman–Crippen MR) is 108 cm³/mol. The average Bonchev–Trinajstić information content (AvgIpc) is 3.16. The van der Waals surface area contributed by atoms with Gasteiger partial charge in [0.2, 0.25) is 0 Å². The number of hydrogen-bond acceptors (Lipinski definition) is 4. The van der Waals surface area contributed by atoms with Gasteiger partial charge in [0.05, 0.1) is 0 Å². The van der Waals surface area contributed by atoms with E-state index in [0.717, 1.165) is 5.56 Å². The molecular formula is C21H21ClFNO2S. The van der Waals surface area contributed by atoms with Crippen LogP contribution in [0.15, 0.2) is 65.4 Å². The molecule has 0 bridgehead atoms. The van der Waals surface area contributed by atoms with E-state index in [4.69, 9.17) is 16.3 Å². The van der Waals surface area contributed by atoms with E-state index in [1.807, 2.05) is 5.38 Å². The molecule has 0 spiro atoms. The first-order chi connectivity index (χ1) is 13.1. The van der Waals surface area contributed by atoms with E-state index < -0.39 is 6.10 Å². The molecule has 0 fully saturated rings. The molecule has 0 radical (unpaired) electrons. The van der Waals surface area contributed by atoms with E-state index in [2.05, 4.69) is 16.3 Å². The van der Waals surface area contributed by atoms with Gasteiger partial charge in [-0.25, -0.2) is 4.39 Å². The fraction of sp³-hybridized carbons (Fsp3) is 0.238. The maximum atomic E-state index is 13.1. The van der Waals surface area contributed by atoms with Crippen molar-refractivity contribution in [2.45, 2.75) is 19.2 Å². The van der Waals surface area contributed by atoms with Crippen molar-refractivity contribution in [2.75, 3.05) is 13.2 Å². The number of ether oxygens (including phenoxy) is 1. The number of aliphatic hydroxyl groups is 1. The molecule has 27 heavy (non-hydrogen) atoms. The topological polar surface area (TPSA) is 32.7 Å². The van der Waals surface area contributed by atoms with Crippen LogP contribution >= 0.6 is 22.9 Å². The van der Waals surface area contributed by atoms with Crippen LogP contribution in [0, 0.1) is 5.82 Å². The van der Waals surface area contributed by atoms with Crippen molar-refractivity contribution >= 4 is 22.9 Å². The van der Waals surface area contributed by atoms with E-state index >= 15 is 0 Å². The quantitative estimate of drug-likeness (QED) is 0.544. The van der Waals surface area contributed by atoms with Crippen molar-refractivity contribution in [3.8, 4) is 5.75 Å². The van der Waals surface area contributed by atoms with Gasteiger partial charge >= 0.3 is 0 Å². The van der Waals surface area contributed by atoms with Crippen LogP contribution in [0.1, 0.15) is 11.1 Å². The first-order valence-electron chi connectivity index (χ1n) is 8.63. The standard InChI is InChI=1S/C21H21ClFNO2S/c22-18-3-7-21(8-4-18)26-14-20(25)13-24(12-17-9-10-27-15-17)11-16-1-5-19(23)6-2-16/h1-10,15,20,25H,11-14H2/t20-/m1/s1. The van der Waals surface area contributed by atoms with Gasteiger partial charge in [-0.3, -0.25) is 4.90 Å². The Bertz CT molecular complexity index is 809. The van der Waals surface area contributed by atoms with Crippen LogP contribution in [0.4, 0.5) is 4.39 Å². The SMILES string of the molecule is O[C@@H](COc1ccc(Cl)cc1)CN(Cc1ccc(F)cc1)Cc1ccsc1. The summed E-state index contributed by atoms with van der Waals surface area (Å²) in [5.41, 5.74) is 2.19. The van der Waals surface area contributed by atoms with Crippen LogP contribution in [-0.4, -0.2) is 29.3 Å². The molecule has 0 aliphatic rings. The molecule has 3 nitrogen and oxygen atoms in total. The molecule has 6 heteroatoms. The van der Waals surface area contributed by atoms with Gasteiger partial charge in [0.1, 0.15) is 24.3 Å². The van der Waals surface area contributed by atoms with Crippen LogP contribution < -0.4 is 4.74 Å². The normalized spacial score (nSPS) is 12.3. The summed E-state index contributed by atoms with van der Waals surface area (Å²) >= 11 is 7.51. The van der Waals surface area contributed by atoms with Crippen LogP contribution in [0.25, 0.3) is 0 Å². The lowest BCUT2D eigenvalue weighted by atomic mass is 10.2. The fourth-order valence-electron chi connectivity index (χ4n) is 2.75. The van der Waals surface area contributed by atoms with Gasteiger partial charge < -0.3 is 9.84 Å². The summed E-state index contributed by atoms with van der Waals surface area (Å²) in [6.07, 6.45) is -0.653. The first-order valence-corrected chi connectivity index (χ1v) is 9.95. The Labute approximate surface area is 167 Å². The van der Waals surface area contributed by atoms with E-state index in [1.165, 1.54) is 17.7 Å². The summed E-state index contributed by atoms with van der Waals surface area (Å²) in [5, 5.41) is 15.2. The second kappa shape index (κ2) is 9.85. The maximum absolute atomic E-state index is 13.1. The van der Waals surface area contributed by atoms with E-state index in [-0.39, 0.29) is 12.4 Å². The minimum Gasteiger partial charge on any atom is -0.491 e. The zero-order valence-electron chi connectivity index (χ0n) is 14.7. The molecule has 3 rings (SSSR count). The summed E-state index contributed by atoms with van der Waals surface area (Å²) in [6, 6.07) is 15.6. The molecule has 0 aliphatic carbocycles. The van der Waals surface area contributed by atoms with Crippen molar-refractivity contribution < 1.29 is 14.2 Å². The molecule has 1 N–H and O–H groups in total. The number of aliphatic hydroxyl groups excluding tert-OH is 1. The highest BCUT2D eigenvalue weighted by Crippen LogP contribution is 2.17. The molecule has 1 heterocycles. The van der Waals surface area contributed by atoms with Crippen LogP contribution in [-0.2, 0) is 13.1 Å². The van der Waals surface area contributed by atoms with Gasteiger partial charge in [-0.1, -0.05) is 23.7 Å². The number of halogens is 2. The summed E-state index contributed by atoms with van der Waals surface area (Å²) < 4.78 is 18.8. The van der Waals surface area contributed by atoms with Crippen molar-refractivity contribution in [1.29, 1.82) is 0 Å². The molecule has 142 valence electrons. The molecular weight excluding hydrogens is 385 g/mol. The van der Waals surface area contributed by atoms with Crippen molar-refractivity contribution in [3.63, 3.8) is 0 Å². The predicted octanol–water partition coefficient (Wildman–Crippen LogP) is 4.98. The Kier molecular flexibility index (Phi) is 7.24. The molecule has 0 saturated carbocycles. The summed E-state index contributed by atoms with van der Waals surface area (Å²) in [7, 11) is 0. The van der Waals surface area contributed by atoms with Crippen LogP contribution in [0.3, 0.4) is 0 Å². The van der Waals surface area contributed by atoms with Gasteiger partial charge in [0, 0.05) is 24.7 Å². The maximum Gasteiger partial charge on any atom is 0.123 e. The van der Waals surface area contributed by atoms with E-state index in [9.17, 15) is 9.50 Å². The number of thiophene rings is 1. The molecule has 0 saturated heterocycles. The summed E-state index contributed by atoms with van der Waals surface area (Å²) in [5.74, 6) is 0.418. The lowest BCUT2D eigenvalue weighted by Gasteiger charge is -2.25. The number of benzene rings is 2. The van der Waals surface area contributed by atoms with Gasteiger partial charge in [-0.05, 0) is 64.4 Å². The second-order valence-corrected chi connectivity index (χ2v) is 7.56. The third-order valence-corrected chi connectivity index (χ3v) is 5.01. The van der Waals surface area contributed by atoms with Crippen LogP contribution in [0.2, 0.25) is 5.02 Å². The second-order valence-electron chi connectivity index (χ2n) is 6.35. The van der Waals surface area contributed by atoms with Crippen molar-refractivity contribution in [1.82, 2.24) is 4.90 Å². The monoisotopic (exact) mass is 405 g/mol. The van der Waals surface area contributed by atoms with Crippen molar-refractivity contribution in [2.24, 2.45) is 0 Å². The minimum absolute atomic E-state index is 0.186. The molecule has 0 unspecified atom stereocenters. The molecule has 1 aromatic heterocycles. The third kappa shape index (κ3) is 6.63.